The molecule has 0 spiro atoms. The Bertz CT molecular complexity index is 231. The van der Waals surface area contributed by atoms with Gasteiger partial charge in [0.05, 0.1) is 0 Å². The molecule has 2 N–H and O–H groups in total. The molecule has 0 rings (SSSR count). The Morgan fingerprint density at radius 1 is 1.16 bits per heavy atom. The van der Waals surface area contributed by atoms with Gasteiger partial charge in [0.25, 0.3) is 0 Å². The predicted octanol–water partition coefficient (Wildman–Crippen LogP) is 2.55. The Labute approximate surface area is 136 Å². The average Bonchev–Trinajstić information content (AvgIpc) is 2.35. The van der Waals surface area contributed by atoms with Crippen LogP contribution in [-0.2, 0) is 0 Å². The highest BCUT2D eigenvalue weighted by Crippen LogP contribution is 1.98. The summed E-state index contributed by atoms with van der Waals surface area (Å²) in [5.41, 5.74) is 0. The second-order valence-corrected chi connectivity index (χ2v) is 5.35. The molecule has 1 unspecified atom stereocenters. The number of guanidine groups is 1. The first-order valence-corrected chi connectivity index (χ1v) is 7.16. The monoisotopic (exact) mass is 384 g/mol. The van der Waals surface area contributed by atoms with Crippen molar-refractivity contribution in [3.05, 3.63) is 0 Å². The Morgan fingerprint density at radius 3 is 2.21 bits per heavy atom. The smallest absolute Gasteiger partial charge is 0.191 e. The Kier molecular flexibility index (Phi) is 14.5. The van der Waals surface area contributed by atoms with E-state index in [9.17, 15) is 0 Å². The van der Waals surface area contributed by atoms with Crippen molar-refractivity contribution in [1.82, 2.24) is 15.5 Å². The molecule has 19 heavy (non-hydrogen) atoms. The van der Waals surface area contributed by atoms with Gasteiger partial charge >= 0.3 is 0 Å². The lowest BCUT2D eigenvalue weighted by molar-refractivity contribution is 0.255. The molecule has 0 aliphatic carbocycles. The average molecular weight is 384 g/mol. The van der Waals surface area contributed by atoms with E-state index in [2.05, 4.69) is 55.3 Å². The first-order valence-electron chi connectivity index (χ1n) is 7.16. The van der Waals surface area contributed by atoms with Gasteiger partial charge < -0.3 is 15.5 Å². The molecule has 0 aromatic rings. The molecular formula is C14H33IN4. The van der Waals surface area contributed by atoms with Crippen LogP contribution in [0.5, 0.6) is 0 Å². The maximum Gasteiger partial charge on any atom is 0.191 e. The topological polar surface area (TPSA) is 39.7 Å². The summed E-state index contributed by atoms with van der Waals surface area (Å²) in [5, 5.41) is 6.69. The van der Waals surface area contributed by atoms with Gasteiger partial charge in [-0.2, -0.15) is 0 Å². The van der Waals surface area contributed by atoms with Gasteiger partial charge in [0.1, 0.15) is 0 Å². The van der Waals surface area contributed by atoms with Crippen molar-refractivity contribution in [1.29, 1.82) is 0 Å². The molecule has 0 radical (unpaired) electrons. The number of aliphatic imine (C=N–C) groups is 1. The van der Waals surface area contributed by atoms with E-state index < -0.39 is 0 Å². The molecular weight excluding hydrogens is 351 g/mol. The first kappa shape index (κ1) is 21.3. The van der Waals surface area contributed by atoms with Gasteiger partial charge in [-0.1, -0.05) is 20.8 Å². The molecule has 0 saturated heterocycles. The molecule has 0 bridgehead atoms. The lowest BCUT2D eigenvalue weighted by atomic mass is 10.1. The highest BCUT2D eigenvalue weighted by molar-refractivity contribution is 14.0. The minimum absolute atomic E-state index is 0. The third kappa shape index (κ3) is 11.5. The third-order valence-corrected chi connectivity index (χ3v) is 3.34. The maximum atomic E-state index is 4.22. The Hall–Kier alpha value is -0.0400. The van der Waals surface area contributed by atoms with Gasteiger partial charge in [-0.05, 0) is 32.7 Å². The molecule has 5 heteroatoms. The molecule has 0 amide bonds. The van der Waals surface area contributed by atoms with Crippen LogP contribution in [0.3, 0.4) is 0 Å². The summed E-state index contributed by atoms with van der Waals surface area (Å²) in [6.45, 7) is 11.9. The second-order valence-electron chi connectivity index (χ2n) is 5.35. The van der Waals surface area contributed by atoms with Crippen LogP contribution in [0, 0.1) is 5.92 Å². The van der Waals surface area contributed by atoms with Crippen LogP contribution in [0.2, 0.25) is 0 Å². The van der Waals surface area contributed by atoms with Crippen molar-refractivity contribution in [3.63, 3.8) is 0 Å². The molecule has 4 nitrogen and oxygen atoms in total. The third-order valence-electron chi connectivity index (χ3n) is 3.34. The molecule has 0 heterocycles. The van der Waals surface area contributed by atoms with Crippen molar-refractivity contribution in [2.75, 3.05) is 33.7 Å². The number of nitrogens with one attached hydrogen (secondary N) is 2. The Balaban J connectivity index is 0. The number of rotatable bonds is 8. The van der Waals surface area contributed by atoms with E-state index in [-0.39, 0.29) is 24.0 Å². The summed E-state index contributed by atoms with van der Waals surface area (Å²) in [5.74, 6) is 1.64. The van der Waals surface area contributed by atoms with Crippen LogP contribution in [0.25, 0.3) is 0 Å². The van der Waals surface area contributed by atoms with E-state index in [0.29, 0.717) is 6.04 Å². The Morgan fingerprint density at radius 2 is 1.74 bits per heavy atom. The number of halogens is 1. The molecule has 0 saturated carbocycles. The fourth-order valence-corrected chi connectivity index (χ4v) is 1.58. The fourth-order valence-electron chi connectivity index (χ4n) is 1.58. The van der Waals surface area contributed by atoms with Crippen LogP contribution in [0.1, 0.15) is 40.5 Å². The minimum Gasteiger partial charge on any atom is -0.356 e. The van der Waals surface area contributed by atoms with E-state index in [1.807, 2.05) is 7.05 Å². The maximum absolute atomic E-state index is 4.22. The number of hydrogen-bond acceptors (Lipinski definition) is 2. The largest absolute Gasteiger partial charge is 0.356 e. The quantitative estimate of drug-likeness (QED) is 0.384. The highest BCUT2D eigenvalue weighted by Gasteiger charge is 2.06. The van der Waals surface area contributed by atoms with Gasteiger partial charge in [0.2, 0.25) is 0 Å². The van der Waals surface area contributed by atoms with E-state index in [4.69, 9.17) is 0 Å². The van der Waals surface area contributed by atoms with Crippen LogP contribution in [-0.4, -0.2) is 50.6 Å². The van der Waals surface area contributed by atoms with Crippen LogP contribution < -0.4 is 10.6 Å². The molecule has 116 valence electrons. The summed E-state index contributed by atoms with van der Waals surface area (Å²) in [6.07, 6.45) is 2.37. The van der Waals surface area contributed by atoms with E-state index in [0.717, 1.165) is 31.5 Å². The minimum atomic E-state index is 0. The van der Waals surface area contributed by atoms with Crippen molar-refractivity contribution in [3.8, 4) is 0 Å². The van der Waals surface area contributed by atoms with Crippen LogP contribution in [0.15, 0.2) is 4.99 Å². The summed E-state index contributed by atoms with van der Waals surface area (Å²) in [6, 6.07) is 0.641. The molecule has 0 aliphatic heterocycles. The van der Waals surface area contributed by atoms with Gasteiger partial charge in [0, 0.05) is 32.7 Å². The first-order chi connectivity index (χ1) is 8.51. The normalized spacial score (nSPS) is 13.4. The molecule has 0 aromatic carbocycles. The van der Waals surface area contributed by atoms with Crippen LogP contribution >= 0.6 is 24.0 Å². The second kappa shape index (κ2) is 13.0. The summed E-state index contributed by atoms with van der Waals surface area (Å²) < 4.78 is 0. The summed E-state index contributed by atoms with van der Waals surface area (Å²) in [4.78, 5) is 6.59. The zero-order chi connectivity index (χ0) is 14.0. The summed E-state index contributed by atoms with van der Waals surface area (Å²) in [7, 11) is 3.99. The molecule has 0 aliphatic rings. The van der Waals surface area contributed by atoms with Crippen molar-refractivity contribution in [2.24, 2.45) is 10.9 Å². The van der Waals surface area contributed by atoms with E-state index in [1.165, 1.54) is 12.8 Å². The SMILES string of the molecule is CCC(C)N(C)CCNC(=NC)NCCC(C)C.I. The zero-order valence-corrected chi connectivity index (χ0v) is 15.8. The van der Waals surface area contributed by atoms with Crippen molar-refractivity contribution >= 4 is 29.9 Å². The van der Waals surface area contributed by atoms with Crippen LogP contribution in [0.4, 0.5) is 0 Å². The predicted molar refractivity (Wildman–Crippen MR) is 96.6 cm³/mol. The van der Waals surface area contributed by atoms with Gasteiger partial charge in [0.15, 0.2) is 5.96 Å². The summed E-state index contributed by atoms with van der Waals surface area (Å²) >= 11 is 0. The van der Waals surface area contributed by atoms with Gasteiger partial charge in [-0.25, -0.2) is 0 Å². The fraction of sp³-hybridized carbons (Fsp3) is 0.929. The van der Waals surface area contributed by atoms with Gasteiger partial charge in [-0.15, -0.1) is 24.0 Å². The van der Waals surface area contributed by atoms with Crippen molar-refractivity contribution < 1.29 is 0 Å². The zero-order valence-electron chi connectivity index (χ0n) is 13.5. The highest BCUT2D eigenvalue weighted by atomic mass is 127. The molecule has 1 atom stereocenters. The van der Waals surface area contributed by atoms with Crippen molar-refractivity contribution in [2.45, 2.75) is 46.6 Å². The van der Waals surface area contributed by atoms with Gasteiger partial charge in [-0.3, -0.25) is 4.99 Å². The number of nitrogens with zero attached hydrogens (tertiary/aromatic N) is 2. The number of likely N-dealkylation sites (N-methyl/N-ethyl adjacent to an activating group) is 1. The lowest BCUT2D eigenvalue weighted by Gasteiger charge is -2.24. The molecule has 0 fully saturated rings. The van der Waals surface area contributed by atoms with E-state index >= 15 is 0 Å². The van der Waals surface area contributed by atoms with E-state index in [1.54, 1.807) is 0 Å². The standard InChI is InChI=1S/C14H32N4.HI/c1-7-13(4)18(6)11-10-17-14(15-5)16-9-8-12(2)3;/h12-13H,7-11H2,1-6H3,(H2,15,16,17);1H. The lowest BCUT2D eigenvalue weighted by Crippen LogP contribution is -2.42. The molecule has 0 aromatic heterocycles. The number of hydrogen-bond donors (Lipinski definition) is 2.